The third kappa shape index (κ3) is 8.82. The molecule has 0 amide bonds. The number of imidazole rings is 2. The average Bonchev–Trinajstić information content (AvgIpc) is 4.08. The molecule has 0 bridgehead atoms. The van der Waals surface area contributed by atoms with Gasteiger partial charge in [0.1, 0.15) is 11.8 Å². The third-order valence-corrected chi connectivity index (χ3v) is 13.5. The van der Waals surface area contributed by atoms with Crippen LogP contribution in [0.2, 0.25) is 0 Å². The lowest BCUT2D eigenvalue weighted by molar-refractivity contribution is 0.173. The van der Waals surface area contributed by atoms with E-state index < -0.39 is 0 Å². The highest BCUT2D eigenvalue weighted by Crippen LogP contribution is 2.44. The monoisotopic (exact) mass is 966 g/mol. The molecule has 0 saturated carbocycles. The second kappa shape index (κ2) is 18.0. The van der Waals surface area contributed by atoms with Gasteiger partial charge in [-0.05, 0) is 92.9 Å². The Kier molecular flexibility index (Phi) is 11.9. The van der Waals surface area contributed by atoms with Gasteiger partial charge < -0.3 is 38.8 Å². The number of nitrogen functional groups attached to an aromatic ring is 1. The average molecular weight is 969 g/mol. The molecule has 0 spiro atoms. The number of nitrogens with two attached hydrogens (primary N) is 1. The van der Waals surface area contributed by atoms with Gasteiger partial charge in [-0.2, -0.15) is 0 Å². The van der Waals surface area contributed by atoms with Gasteiger partial charge in [0.05, 0.1) is 6.33 Å². The number of hydrogen-bond acceptors (Lipinski definition) is 13. The zero-order chi connectivity index (χ0) is 41.0. The van der Waals surface area contributed by atoms with Crippen LogP contribution in [0.15, 0.2) is 127 Å². The van der Waals surface area contributed by atoms with Gasteiger partial charge in [-0.1, -0.05) is 84.2 Å². The lowest BCUT2D eigenvalue weighted by Gasteiger charge is -2.10. The van der Waals surface area contributed by atoms with Crippen LogP contribution in [0.1, 0.15) is 24.0 Å². The van der Waals surface area contributed by atoms with Crippen LogP contribution in [-0.4, -0.2) is 52.6 Å². The number of fused-ring (bicyclic) bond motifs is 4. The number of halogens is 2. The summed E-state index contributed by atoms with van der Waals surface area (Å²) in [5, 5.41) is 9.66. The zero-order valence-corrected chi connectivity index (χ0v) is 36.6. The van der Waals surface area contributed by atoms with Crippen molar-refractivity contribution < 1.29 is 18.9 Å². The minimum absolute atomic E-state index is 0.188. The Balaban J connectivity index is 0.000000154. The summed E-state index contributed by atoms with van der Waals surface area (Å²) in [6.07, 6.45) is 7.05. The Morgan fingerprint density at radius 2 is 1.28 bits per heavy atom. The van der Waals surface area contributed by atoms with E-state index in [-0.39, 0.29) is 19.1 Å². The Hall–Kier alpha value is -5.56. The summed E-state index contributed by atoms with van der Waals surface area (Å²) in [6, 6.07) is 28.6. The van der Waals surface area contributed by atoms with E-state index in [1.807, 2.05) is 41.0 Å². The number of benzene rings is 4. The first-order chi connectivity index (χ1) is 29.4. The van der Waals surface area contributed by atoms with Gasteiger partial charge >= 0.3 is 0 Å². The molecule has 0 fully saturated rings. The number of nitrogens with one attached hydrogen (secondary N) is 2. The predicted molar refractivity (Wildman–Crippen MR) is 236 cm³/mol. The second-order valence-corrected chi connectivity index (χ2v) is 17.4. The molecule has 2 aliphatic heterocycles. The number of aryl methyl sites for hydroxylation is 4. The fourth-order valence-corrected chi connectivity index (χ4v) is 9.62. The van der Waals surface area contributed by atoms with Crippen LogP contribution in [0.4, 0.5) is 5.82 Å². The van der Waals surface area contributed by atoms with Gasteiger partial charge in [-0.3, -0.25) is 5.41 Å². The lowest BCUT2D eigenvalue weighted by Crippen LogP contribution is -2.13. The normalized spacial score (nSPS) is 12.6. The summed E-state index contributed by atoms with van der Waals surface area (Å²) in [5.74, 6) is 3.29. The number of nitrogens with zero attached hydrogens (tertiary/aromatic N) is 7. The molecule has 4 aromatic carbocycles. The highest BCUT2D eigenvalue weighted by Gasteiger charge is 2.22. The van der Waals surface area contributed by atoms with E-state index in [1.54, 1.807) is 6.33 Å². The molecule has 0 saturated heterocycles. The fourth-order valence-electron chi connectivity index (χ4n) is 6.73. The van der Waals surface area contributed by atoms with Crippen molar-refractivity contribution in [3.05, 3.63) is 123 Å². The largest absolute Gasteiger partial charge is 0.454 e. The topological polar surface area (TPSA) is 177 Å². The molecule has 0 atom stereocenters. The smallest absolute Gasteiger partial charge is 0.231 e. The Bertz CT molecular complexity index is 2880. The van der Waals surface area contributed by atoms with Crippen molar-refractivity contribution >= 4 is 83.5 Å². The van der Waals surface area contributed by atoms with Gasteiger partial charge in [0.15, 0.2) is 61.4 Å². The lowest BCUT2D eigenvalue weighted by atomic mass is 10.1. The van der Waals surface area contributed by atoms with E-state index in [2.05, 4.69) is 105 Å². The van der Waals surface area contributed by atoms with Gasteiger partial charge in [0.2, 0.25) is 13.6 Å². The standard InChI is InChI=1S/2C21H18BrN5O2S/c22-14-9-15-16(29-12-28-15)10-17(14)30-21-25-18-19(23)24-11-27(20(18)26-21)8-4-7-13-5-2-1-3-6-13;22-14-9-15-16(29-12-28-15)10-17(14)30-21-26-18-19(23)24-11-25-20(18)27(21)8-4-7-13-5-2-1-3-6-13/h1-3,5-6,9-11,23H,4,7-8,12H2,(H,25,26);1-3,5-6,9-11H,4,7-8,12H2,(H2,23,24,25). The zero-order valence-electron chi connectivity index (χ0n) is 31.8. The van der Waals surface area contributed by atoms with Crippen molar-refractivity contribution in [2.24, 2.45) is 0 Å². The van der Waals surface area contributed by atoms with Crippen molar-refractivity contribution in [3.63, 3.8) is 0 Å². The number of rotatable bonds is 12. The molecule has 18 heteroatoms. The Labute approximate surface area is 369 Å². The van der Waals surface area contributed by atoms with Crippen LogP contribution in [0.25, 0.3) is 22.3 Å². The van der Waals surface area contributed by atoms with Gasteiger partial charge in [-0.25, -0.2) is 24.9 Å². The summed E-state index contributed by atoms with van der Waals surface area (Å²) in [7, 11) is 0. The first-order valence-corrected chi connectivity index (χ1v) is 22.2. The molecular weight excluding hydrogens is 932 g/mol. The van der Waals surface area contributed by atoms with Crippen LogP contribution in [0.3, 0.4) is 0 Å². The van der Waals surface area contributed by atoms with E-state index in [0.717, 1.165) is 97.0 Å². The predicted octanol–water partition coefficient (Wildman–Crippen LogP) is 9.20. The SMILES string of the molecule is N=c1ncn(CCCc2ccccc2)c2nc(Sc3cc4c(cc3Br)OCO4)[nH]c12.Nc1ncnc2c1nc(Sc1cc3c(cc1Br)OCO3)n2CCCc1ccccc1. The number of anilines is 1. The second-order valence-electron chi connectivity index (χ2n) is 13.7. The number of hydrogen-bond donors (Lipinski definition) is 3. The maximum atomic E-state index is 8.16. The van der Waals surface area contributed by atoms with Crippen LogP contribution >= 0.6 is 55.4 Å². The quantitative estimate of drug-likeness (QED) is 0.106. The van der Waals surface area contributed by atoms with Gasteiger partial charge in [0, 0.05) is 31.8 Å². The molecule has 14 nitrogen and oxygen atoms in total. The highest BCUT2D eigenvalue weighted by molar-refractivity contribution is 9.10. The van der Waals surface area contributed by atoms with Crippen molar-refractivity contribution in [2.45, 2.75) is 58.9 Å². The van der Waals surface area contributed by atoms with Crippen molar-refractivity contribution in [1.82, 2.24) is 39.0 Å². The first-order valence-electron chi connectivity index (χ1n) is 18.9. The minimum Gasteiger partial charge on any atom is -0.454 e. The third-order valence-electron chi connectivity index (χ3n) is 9.68. The van der Waals surface area contributed by atoms with E-state index in [0.29, 0.717) is 22.0 Å². The molecule has 0 aliphatic carbocycles. The molecular formula is C42H36Br2N10O4S2. The molecule has 60 heavy (non-hydrogen) atoms. The Morgan fingerprint density at radius 1 is 0.700 bits per heavy atom. The highest BCUT2D eigenvalue weighted by atomic mass is 79.9. The molecule has 0 unspecified atom stereocenters. The fraction of sp³-hybridized carbons (Fsp3) is 0.190. The summed E-state index contributed by atoms with van der Waals surface area (Å²) in [4.78, 5) is 27.4. The maximum Gasteiger partial charge on any atom is 0.231 e. The minimum atomic E-state index is 0.188. The summed E-state index contributed by atoms with van der Waals surface area (Å²) in [5.41, 5.74) is 11.6. The first kappa shape index (κ1) is 39.9. The van der Waals surface area contributed by atoms with Crippen LogP contribution < -0.4 is 30.2 Å². The molecule has 2 aliphatic rings. The van der Waals surface area contributed by atoms with Crippen LogP contribution in [-0.2, 0) is 25.9 Å². The summed E-state index contributed by atoms with van der Waals surface area (Å²) >= 11 is 10.2. The number of H-pyrrole nitrogens is 1. The number of aromatic amines is 1. The summed E-state index contributed by atoms with van der Waals surface area (Å²) in [6.45, 7) is 2.02. The van der Waals surface area contributed by atoms with Crippen molar-refractivity contribution in [1.29, 1.82) is 5.41 Å². The molecule has 4 aromatic heterocycles. The number of aromatic nitrogens is 8. The molecule has 0 radical (unpaired) electrons. The van der Waals surface area contributed by atoms with E-state index in [9.17, 15) is 0 Å². The van der Waals surface area contributed by atoms with Gasteiger partial charge in [-0.15, -0.1) is 0 Å². The molecule has 8 aromatic rings. The molecule has 304 valence electrons. The molecule has 10 rings (SSSR count). The summed E-state index contributed by atoms with van der Waals surface area (Å²) < 4.78 is 27.8. The molecule has 4 N–H and O–H groups in total. The van der Waals surface area contributed by atoms with Crippen LogP contribution in [0.5, 0.6) is 23.0 Å². The maximum absolute atomic E-state index is 8.16. The van der Waals surface area contributed by atoms with Gasteiger partial charge in [0.25, 0.3) is 0 Å². The Morgan fingerprint density at radius 3 is 1.92 bits per heavy atom. The number of ether oxygens (including phenoxy) is 4. The van der Waals surface area contributed by atoms with E-state index in [1.165, 1.54) is 41.0 Å². The van der Waals surface area contributed by atoms with E-state index in [4.69, 9.17) is 40.1 Å². The van der Waals surface area contributed by atoms with Crippen LogP contribution in [0, 0.1) is 5.41 Å². The van der Waals surface area contributed by atoms with E-state index >= 15 is 0 Å². The van der Waals surface area contributed by atoms with Crippen molar-refractivity contribution in [2.75, 3.05) is 19.3 Å². The molecule has 6 heterocycles. The van der Waals surface area contributed by atoms with Crippen molar-refractivity contribution in [3.8, 4) is 23.0 Å².